The lowest BCUT2D eigenvalue weighted by Gasteiger charge is -2.29. The SMILES string of the molecule is Nc1nc2n(n1)C(C(=O)O)C(c1ccc3ncccc3c1)CC2. The lowest BCUT2D eigenvalue weighted by molar-refractivity contribution is -0.142. The number of nitrogens with zero attached hydrogens (tertiary/aromatic N) is 4. The van der Waals surface area contributed by atoms with Crippen molar-refractivity contribution < 1.29 is 9.90 Å². The van der Waals surface area contributed by atoms with E-state index in [4.69, 9.17) is 5.73 Å². The van der Waals surface area contributed by atoms with E-state index in [-0.39, 0.29) is 11.9 Å². The number of hydrogen-bond donors (Lipinski definition) is 2. The number of benzene rings is 1. The quantitative estimate of drug-likeness (QED) is 0.747. The zero-order chi connectivity index (χ0) is 16.0. The lowest BCUT2D eigenvalue weighted by Crippen LogP contribution is -2.32. The van der Waals surface area contributed by atoms with Crippen LogP contribution in [-0.2, 0) is 11.2 Å². The molecule has 1 aliphatic rings. The second kappa shape index (κ2) is 5.05. The van der Waals surface area contributed by atoms with Gasteiger partial charge >= 0.3 is 5.97 Å². The Morgan fingerprint density at radius 3 is 3.04 bits per heavy atom. The molecule has 3 heterocycles. The lowest BCUT2D eigenvalue weighted by atomic mass is 9.84. The number of carboxylic acid groups (broad SMARTS) is 1. The Hall–Kier alpha value is -2.96. The van der Waals surface area contributed by atoms with Crippen LogP contribution in [0.15, 0.2) is 36.5 Å². The summed E-state index contributed by atoms with van der Waals surface area (Å²) in [6.07, 6.45) is 3.09. The van der Waals surface area contributed by atoms with Crippen molar-refractivity contribution in [1.82, 2.24) is 19.7 Å². The molecule has 0 spiro atoms. The van der Waals surface area contributed by atoms with Crippen molar-refractivity contribution in [2.24, 2.45) is 0 Å². The van der Waals surface area contributed by atoms with Gasteiger partial charge in [0, 0.05) is 23.9 Å². The Bertz CT molecular complexity index is 904. The van der Waals surface area contributed by atoms with Crippen molar-refractivity contribution >= 4 is 22.8 Å². The highest BCUT2D eigenvalue weighted by Crippen LogP contribution is 2.38. The monoisotopic (exact) mass is 309 g/mol. The largest absolute Gasteiger partial charge is 0.480 e. The first kappa shape index (κ1) is 13.7. The van der Waals surface area contributed by atoms with Crippen molar-refractivity contribution in [3.05, 3.63) is 47.9 Å². The van der Waals surface area contributed by atoms with Crippen LogP contribution in [0.25, 0.3) is 10.9 Å². The third kappa shape index (κ3) is 2.21. The van der Waals surface area contributed by atoms with Gasteiger partial charge in [-0.15, -0.1) is 5.10 Å². The summed E-state index contributed by atoms with van der Waals surface area (Å²) < 4.78 is 1.46. The molecule has 23 heavy (non-hydrogen) atoms. The zero-order valence-electron chi connectivity index (χ0n) is 12.3. The van der Waals surface area contributed by atoms with Crippen molar-refractivity contribution in [2.45, 2.75) is 24.8 Å². The Labute approximate surface area is 131 Å². The van der Waals surface area contributed by atoms with E-state index in [1.807, 2.05) is 30.3 Å². The molecule has 2 aromatic heterocycles. The van der Waals surface area contributed by atoms with Crippen molar-refractivity contribution in [2.75, 3.05) is 5.73 Å². The topological polar surface area (TPSA) is 107 Å². The van der Waals surface area contributed by atoms with E-state index in [9.17, 15) is 9.90 Å². The van der Waals surface area contributed by atoms with Crippen LogP contribution in [0.4, 0.5) is 5.95 Å². The average Bonchev–Trinajstić information content (AvgIpc) is 2.93. The fraction of sp³-hybridized carbons (Fsp3) is 0.250. The zero-order valence-corrected chi connectivity index (χ0v) is 12.3. The second-order valence-corrected chi connectivity index (χ2v) is 5.71. The molecule has 4 rings (SSSR count). The fourth-order valence-corrected chi connectivity index (χ4v) is 3.33. The molecule has 7 nitrogen and oxygen atoms in total. The third-order valence-corrected chi connectivity index (χ3v) is 4.35. The second-order valence-electron chi connectivity index (χ2n) is 5.71. The molecule has 0 amide bonds. The molecule has 0 saturated heterocycles. The van der Waals surface area contributed by atoms with Crippen LogP contribution >= 0.6 is 0 Å². The number of nitrogen functional groups attached to an aromatic ring is 1. The predicted octanol–water partition coefficient (Wildman–Crippen LogP) is 1.76. The average molecular weight is 309 g/mol. The molecule has 2 unspecified atom stereocenters. The van der Waals surface area contributed by atoms with Gasteiger partial charge in [0.2, 0.25) is 5.95 Å². The van der Waals surface area contributed by atoms with Crippen LogP contribution < -0.4 is 5.73 Å². The maximum absolute atomic E-state index is 11.8. The van der Waals surface area contributed by atoms with Crippen LogP contribution in [0, 0.1) is 0 Å². The standard InChI is InChI=1S/C16H15N5O2/c17-16-19-13-6-4-11(14(15(22)23)21(13)20-16)9-3-5-12-10(8-9)2-1-7-18-12/h1-3,5,7-8,11,14H,4,6H2,(H2,17,20)(H,22,23). The molecule has 0 saturated carbocycles. The van der Waals surface area contributed by atoms with Gasteiger partial charge in [0.05, 0.1) is 5.52 Å². The summed E-state index contributed by atoms with van der Waals surface area (Å²) in [6, 6.07) is 8.93. The number of fused-ring (bicyclic) bond motifs is 2. The van der Waals surface area contributed by atoms with Crippen LogP contribution in [0.1, 0.15) is 29.8 Å². The normalized spacial score (nSPS) is 20.3. The summed E-state index contributed by atoms with van der Waals surface area (Å²) in [5.74, 6) is -0.346. The number of carbonyl (C=O) groups is 1. The molecular weight excluding hydrogens is 294 g/mol. The third-order valence-electron chi connectivity index (χ3n) is 4.35. The first-order valence-electron chi connectivity index (χ1n) is 7.42. The molecule has 3 N–H and O–H groups in total. The summed E-state index contributed by atoms with van der Waals surface area (Å²) in [6.45, 7) is 0. The van der Waals surface area contributed by atoms with Gasteiger partial charge in [-0.1, -0.05) is 12.1 Å². The summed E-state index contributed by atoms with van der Waals surface area (Å²) in [5.41, 5.74) is 7.50. The van der Waals surface area contributed by atoms with Crippen LogP contribution in [-0.4, -0.2) is 30.8 Å². The Balaban J connectivity index is 1.81. The molecule has 1 aliphatic heterocycles. The van der Waals surface area contributed by atoms with Gasteiger partial charge < -0.3 is 10.8 Å². The van der Waals surface area contributed by atoms with Gasteiger partial charge in [-0.3, -0.25) is 4.98 Å². The number of aromatic nitrogens is 4. The van der Waals surface area contributed by atoms with Gasteiger partial charge in [0.25, 0.3) is 0 Å². The Kier molecular flexibility index (Phi) is 3.00. The molecule has 0 aliphatic carbocycles. The minimum absolute atomic E-state index is 0.120. The summed E-state index contributed by atoms with van der Waals surface area (Å²) in [5, 5.41) is 14.8. The van der Waals surface area contributed by atoms with Crippen LogP contribution in [0.3, 0.4) is 0 Å². The minimum atomic E-state index is -0.924. The number of aryl methyl sites for hydroxylation is 1. The first-order valence-corrected chi connectivity index (χ1v) is 7.42. The number of aliphatic carboxylic acids is 1. The van der Waals surface area contributed by atoms with E-state index in [1.165, 1.54) is 4.68 Å². The smallest absolute Gasteiger partial charge is 0.329 e. The van der Waals surface area contributed by atoms with Gasteiger partial charge in [0.1, 0.15) is 5.82 Å². The molecule has 1 aromatic carbocycles. The van der Waals surface area contributed by atoms with E-state index in [1.54, 1.807) is 6.20 Å². The van der Waals surface area contributed by atoms with E-state index in [2.05, 4.69) is 15.1 Å². The van der Waals surface area contributed by atoms with Crippen LogP contribution in [0.5, 0.6) is 0 Å². The van der Waals surface area contributed by atoms with E-state index >= 15 is 0 Å². The molecule has 0 bridgehead atoms. The van der Waals surface area contributed by atoms with Gasteiger partial charge in [0.15, 0.2) is 6.04 Å². The number of carboxylic acids is 1. The number of anilines is 1. The first-order chi connectivity index (χ1) is 11.1. The minimum Gasteiger partial charge on any atom is -0.480 e. The van der Waals surface area contributed by atoms with Crippen molar-refractivity contribution in [3.63, 3.8) is 0 Å². The fourth-order valence-electron chi connectivity index (χ4n) is 3.33. The maximum Gasteiger partial charge on any atom is 0.329 e. The summed E-state index contributed by atoms with van der Waals surface area (Å²) in [7, 11) is 0. The van der Waals surface area contributed by atoms with Gasteiger partial charge in [-0.25, -0.2) is 9.48 Å². The predicted molar refractivity (Wildman–Crippen MR) is 83.9 cm³/mol. The van der Waals surface area contributed by atoms with Crippen molar-refractivity contribution in [3.8, 4) is 0 Å². The number of nitrogens with two attached hydrogens (primary N) is 1. The number of hydrogen-bond acceptors (Lipinski definition) is 5. The Morgan fingerprint density at radius 2 is 2.22 bits per heavy atom. The molecule has 3 aromatic rings. The molecule has 116 valence electrons. The highest BCUT2D eigenvalue weighted by atomic mass is 16.4. The summed E-state index contributed by atoms with van der Waals surface area (Å²) >= 11 is 0. The molecular formula is C16H15N5O2. The van der Waals surface area contributed by atoms with E-state index in [0.29, 0.717) is 18.7 Å². The number of pyridine rings is 1. The molecule has 2 atom stereocenters. The molecule has 0 radical (unpaired) electrons. The number of rotatable bonds is 2. The highest BCUT2D eigenvalue weighted by molar-refractivity contribution is 5.80. The van der Waals surface area contributed by atoms with Crippen molar-refractivity contribution in [1.29, 1.82) is 0 Å². The van der Waals surface area contributed by atoms with Gasteiger partial charge in [-0.05, 0) is 30.2 Å². The Morgan fingerprint density at radius 1 is 1.35 bits per heavy atom. The van der Waals surface area contributed by atoms with Crippen LogP contribution in [0.2, 0.25) is 0 Å². The van der Waals surface area contributed by atoms with E-state index < -0.39 is 12.0 Å². The molecule has 7 heteroatoms. The summed E-state index contributed by atoms with van der Waals surface area (Å²) in [4.78, 5) is 20.3. The molecule has 0 fully saturated rings. The van der Waals surface area contributed by atoms with E-state index in [0.717, 1.165) is 16.5 Å². The maximum atomic E-state index is 11.8. The van der Waals surface area contributed by atoms with Gasteiger partial charge in [-0.2, -0.15) is 4.98 Å². The highest BCUT2D eigenvalue weighted by Gasteiger charge is 2.37.